The van der Waals surface area contributed by atoms with Crippen LogP contribution in [0.25, 0.3) is 0 Å². The van der Waals surface area contributed by atoms with Gasteiger partial charge in [-0.1, -0.05) is 29.8 Å². The van der Waals surface area contributed by atoms with Gasteiger partial charge in [0.15, 0.2) is 0 Å². The molecule has 1 aromatic heterocycles. The number of amides is 1. The molecule has 28 heavy (non-hydrogen) atoms. The molecule has 0 N–H and O–H groups in total. The van der Waals surface area contributed by atoms with Gasteiger partial charge in [0.25, 0.3) is 5.91 Å². The maximum atomic E-state index is 14.0. The summed E-state index contributed by atoms with van der Waals surface area (Å²) in [4.78, 5) is 18.7. The molecule has 1 heterocycles. The number of halogens is 2. The van der Waals surface area contributed by atoms with Crippen molar-refractivity contribution in [3.05, 3.63) is 93.7 Å². The fourth-order valence-corrected chi connectivity index (χ4v) is 3.36. The quantitative estimate of drug-likeness (QED) is 0.465. The number of thiazole rings is 1. The second kappa shape index (κ2) is 9.48. The number of nitrogens with zero attached hydrogens (tertiary/aromatic N) is 2. The molecule has 0 spiro atoms. The smallest absolute Gasteiger partial charge is 0.257 e. The maximum Gasteiger partial charge on any atom is 0.257 e. The lowest BCUT2D eigenvalue weighted by Crippen LogP contribution is -2.31. The molecule has 0 aliphatic rings. The van der Waals surface area contributed by atoms with Crippen LogP contribution >= 0.6 is 22.9 Å². The Kier molecular flexibility index (Phi) is 6.79. The third-order valence-corrected chi connectivity index (χ3v) is 4.99. The first-order valence-electron chi connectivity index (χ1n) is 8.53. The van der Waals surface area contributed by atoms with Crippen LogP contribution in [0.3, 0.4) is 0 Å². The zero-order chi connectivity index (χ0) is 19.9. The Morgan fingerprint density at radius 1 is 1.25 bits per heavy atom. The van der Waals surface area contributed by atoms with Crippen LogP contribution < -0.4 is 4.74 Å². The van der Waals surface area contributed by atoms with Crippen LogP contribution in [-0.4, -0.2) is 22.3 Å². The van der Waals surface area contributed by atoms with E-state index in [0.717, 1.165) is 5.01 Å². The minimum atomic E-state index is -0.545. The SMILES string of the molecule is C=CCN(Cc1csc(COc2ccc(Cl)cc2)n1)C(=O)c1ccccc1F. The van der Waals surface area contributed by atoms with Crippen LogP contribution in [0.5, 0.6) is 5.75 Å². The van der Waals surface area contributed by atoms with Crippen molar-refractivity contribution in [2.75, 3.05) is 6.54 Å². The molecule has 0 atom stereocenters. The van der Waals surface area contributed by atoms with E-state index in [4.69, 9.17) is 16.3 Å². The summed E-state index contributed by atoms with van der Waals surface area (Å²) >= 11 is 7.30. The third-order valence-electron chi connectivity index (χ3n) is 3.87. The van der Waals surface area contributed by atoms with Crippen molar-refractivity contribution in [1.29, 1.82) is 0 Å². The molecule has 144 valence electrons. The van der Waals surface area contributed by atoms with E-state index in [1.807, 2.05) is 5.38 Å². The largest absolute Gasteiger partial charge is 0.486 e. The highest BCUT2D eigenvalue weighted by molar-refractivity contribution is 7.09. The van der Waals surface area contributed by atoms with E-state index < -0.39 is 11.7 Å². The summed E-state index contributed by atoms with van der Waals surface area (Å²) in [5.41, 5.74) is 0.747. The van der Waals surface area contributed by atoms with Gasteiger partial charge in [-0.15, -0.1) is 17.9 Å². The molecule has 0 saturated heterocycles. The lowest BCUT2D eigenvalue weighted by Gasteiger charge is -2.20. The van der Waals surface area contributed by atoms with Gasteiger partial charge in [-0.05, 0) is 36.4 Å². The van der Waals surface area contributed by atoms with Gasteiger partial charge in [0, 0.05) is 16.9 Å². The monoisotopic (exact) mass is 416 g/mol. The average molecular weight is 417 g/mol. The molecule has 0 fully saturated rings. The Balaban J connectivity index is 1.65. The van der Waals surface area contributed by atoms with Crippen molar-refractivity contribution in [3.8, 4) is 5.75 Å². The molecule has 0 aliphatic carbocycles. The fraction of sp³-hybridized carbons (Fsp3) is 0.143. The first kappa shape index (κ1) is 20.0. The van der Waals surface area contributed by atoms with Gasteiger partial charge in [-0.3, -0.25) is 4.79 Å². The molecule has 0 unspecified atom stereocenters. The first-order chi connectivity index (χ1) is 13.6. The summed E-state index contributed by atoms with van der Waals surface area (Å²) in [5.74, 6) is -0.244. The van der Waals surface area contributed by atoms with Crippen LogP contribution in [0, 0.1) is 5.82 Å². The third kappa shape index (κ3) is 5.18. The Labute approximate surface area is 171 Å². The second-order valence-electron chi connectivity index (χ2n) is 5.93. The van der Waals surface area contributed by atoms with Crippen LogP contribution in [-0.2, 0) is 13.2 Å². The van der Waals surface area contributed by atoms with Gasteiger partial charge >= 0.3 is 0 Å². The standard InChI is InChI=1S/C21H18ClFN2O2S/c1-2-11-25(21(26)18-5-3-4-6-19(18)23)12-16-14-28-20(24-16)13-27-17-9-7-15(22)8-10-17/h2-10,14H,1,11-13H2. The molecule has 7 heteroatoms. The molecular formula is C21H18ClFN2O2S. The molecule has 4 nitrogen and oxygen atoms in total. The molecule has 3 aromatic rings. The minimum absolute atomic E-state index is 0.0332. The van der Waals surface area contributed by atoms with Crippen LogP contribution in [0.2, 0.25) is 5.02 Å². The Hall–Kier alpha value is -2.70. The zero-order valence-corrected chi connectivity index (χ0v) is 16.5. The second-order valence-corrected chi connectivity index (χ2v) is 7.31. The van der Waals surface area contributed by atoms with E-state index in [2.05, 4.69) is 11.6 Å². The lowest BCUT2D eigenvalue weighted by atomic mass is 10.2. The van der Waals surface area contributed by atoms with E-state index in [-0.39, 0.29) is 12.1 Å². The molecule has 3 rings (SSSR count). The molecule has 0 aliphatic heterocycles. The number of hydrogen-bond acceptors (Lipinski definition) is 4. The summed E-state index contributed by atoms with van der Waals surface area (Å²) in [7, 11) is 0. The minimum Gasteiger partial charge on any atom is -0.486 e. The number of hydrogen-bond donors (Lipinski definition) is 0. The highest BCUT2D eigenvalue weighted by atomic mass is 35.5. The van der Waals surface area contributed by atoms with Gasteiger partial charge < -0.3 is 9.64 Å². The van der Waals surface area contributed by atoms with Gasteiger partial charge in [0.05, 0.1) is 17.8 Å². The van der Waals surface area contributed by atoms with E-state index >= 15 is 0 Å². The molecule has 0 bridgehead atoms. The van der Waals surface area contributed by atoms with Crippen molar-refractivity contribution < 1.29 is 13.9 Å². The summed E-state index contributed by atoms with van der Waals surface area (Å²) in [6, 6.07) is 13.0. The molecule has 0 radical (unpaired) electrons. The molecule has 0 saturated carbocycles. The van der Waals surface area contributed by atoms with E-state index in [1.54, 1.807) is 42.5 Å². The highest BCUT2D eigenvalue weighted by Crippen LogP contribution is 2.19. The number of aromatic nitrogens is 1. The van der Waals surface area contributed by atoms with E-state index in [0.29, 0.717) is 29.6 Å². The van der Waals surface area contributed by atoms with Crippen LogP contribution in [0.1, 0.15) is 21.1 Å². The van der Waals surface area contributed by atoms with Crippen molar-refractivity contribution >= 4 is 28.8 Å². The van der Waals surface area contributed by atoms with E-state index in [1.165, 1.54) is 28.4 Å². The number of benzene rings is 2. The van der Waals surface area contributed by atoms with Crippen molar-refractivity contribution in [3.63, 3.8) is 0 Å². The Morgan fingerprint density at radius 2 is 2.00 bits per heavy atom. The van der Waals surface area contributed by atoms with Gasteiger partial charge in [-0.2, -0.15) is 0 Å². The topological polar surface area (TPSA) is 42.4 Å². The lowest BCUT2D eigenvalue weighted by molar-refractivity contribution is 0.0756. The molecular weight excluding hydrogens is 399 g/mol. The van der Waals surface area contributed by atoms with Gasteiger partial charge in [0.1, 0.15) is 23.2 Å². The molecule has 1 amide bonds. The zero-order valence-electron chi connectivity index (χ0n) is 15.0. The maximum absolute atomic E-state index is 14.0. The van der Waals surface area contributed by atoms with Crippen LogP contribution in [0.4, 0.5) is 4.39 Å². The summed E-state index contributed by atoms with van der Waals surface area (Å²) in [6.45, 7) is 4.55. The van der Waals surface area contributed by atoms with Gasteiger partial charge in [-0.25, -0.2) is 9.37 Å². The van der Waals surface area contributed by atoms with Crippen molar-refractivity contribution in [2.24, 2.45) is 0 Å². The first-order valence-corrected chi connectivity index (χ1v) is 9.79. The Bertz CT molecular complexity index is 959. The van der Waals surface area contributed by atoms with Gasteiger partial charge in [0.2, 0.25) is 0 Å². The summed E-state index contributed by atoms with van der Waals surface area (Å²) in [6.07, 6.45) is 1.61. The number of carbonyl (C=O) groups excluding carboxylic acids is 1. The predicted octanol–water partition coefficient (Wildman–Crippen LogP) is 5.34. The average Bonchev–Trinajstić information content (AvgIpc) is 3.14. The van der Waals surface area contributed by atoms with Crippen molar-refractivity contribution in [2.45, 2.75) is 13.2 Å². The normalized spacial score (nSPS) is 10.5. The summed E-state index contributed by atoms with van der Waals surface area (Å²) in [5, 5.41) is 3.29. The number of rotatable bonds is 8. The van der Waals surface area contributed by atoms with E-state index in [9.17, 15) is 9.18 Å². The Morgan fingerprint density at radius 3 is 2.71 bits per heavy atom. The highest BCUT2D eigenvalue weighted by Gasteiger charge is 2.19. The predicted molar refractivity (Wildman–Crippen MR) is 109 cm³/mol. The number of ether oxygens (including phenoxy) is 1. The number of carbonyl (C=O) groups is 1. The molecule has 2 aromatic carbocycles. The summed E-state index contributed by atoms with van der Waals surface area (Å²) < 4.78 is 19.6. The fourth-order valence-electron chi connectivity index (χ4n) is 2.54. The van der Waals surface area contributed by atoms with Crippen molar-refractivity contribution in [1.82, 2.24) is 9.88 Å². The van der Waals surface area contributed by atoms with Crippen LogP contribution in [0.15, 0.2) is 66.6 Å².